The maximum atomic E-state index is 13.7. The van der Waals surface area contributed by atoms with E-state index >= 15 is 0 Å². The Hall–Kier alpha value is -2.50. The van der Waals surface area contributed by atoms with E-state index in [1.165, 1.54) is 42.5 Å². The summed E-state index contributed by atoms with van der Waals surface area (Å²) in [5.74, 6) is -0.935. The Morgan fingerprint density at radius 1 is 1.10 bits per heavy atom. The van der Waals surface area contributed by atoms with Crippen molar-refractivity contribution in [2.24, 2.45) is 5.92 Å². The first kappa shape index (κ1) is 23.2. The highest BCUT2D eigenvalue weighted by atomic mass is 32.2. The van der Waals surface area contributed by atoms with Crippen LogP contribution in [-0.2, 0) is 20.0 Å². The lowest BCUT2D eigenvalue weighted by molar-refractivity contribution is 0.0676. The SMILES string of the molecule is CS(=O)(=O)NCC1CCCN(C(=O)c2ccc(S(=O)(=O)Nc3ccccc3F)cc2)C1. The van der Waals surface area contributed by atoms with Gasteiger partial charge >= 0.3 is 0 Å². The van der Waals surface area contributed by atoms with Gasteiger partial charge in [-0.25, -0.2) is 25.9 Å². The highest BCUT2D eigenvalue weighted by Gasteiger charge is 2.25. The molecule has 1 atom stereocenters. The zero-order chi connectivity index (χ0) is 22.6. The first-order chi connectivity index (χ1) is 14.5. The molecule has 2 N–H and O–H groups in total. The van der Waals surface area contributed by atoms with Crippen LogP contribution in [0.4, 0.5) is 10.1 Å². The average molecular weight is 470 g/mol. The lowest BCUT2D eigenvalue weighted by Crippen LogP contribution is -2.43. The third-order valence-corrected chi connectivity index (χ3v) is 7.04. The van der Waals surface area contributed by atoms with Crippen LogP contribution in [0.3, 0.4) is 0 Å². The number of para-hydroxylation sites is 1. The van der Waals surface area contributed by atoms with Crippen LogP contribution in [0.15, 0.2) is 53.4 Å². The number of rotatable bonds is 7. The van der Waals surface area contributed by atoms with Crippen molar-refractivity contribution in [2.75, 3.05) is 30.6 Å². The molecule has 1 unspecified atom stereocenters. The van der Waals surface area contributed by atoms with Crippen molar-refractivity contribution in [2.45, 2.75) is 17.7 Å². The molecule has 0 radical (unpaired) electrons. The number of carbonyl (C=O) groups excluding carboxylic acids is 1. The fraction of sp³-hybridized carbons (Fsp3) is 0.350. The van der Waals surface area contributed by atoms with Gasteiger partial charge in [0.05, 0.1) is 16.8 Å². The number of piperidine rings is 1. The third-order valence-electron chi connectivity index (χ3n) is 4.97. The van der Waals surface area contributed by atoms with E-state index in [1.807, 2.05) is 0 Å². The Balaban J connectivity index is 1.67. The molecule has 1 fully saturated rings. The minimum Gasteiger partial charge on any atom is -0.338 e. The maximum Gasteiger partial charge on any atom is 0.261 e. The molecule has 168 valence electrons. The number of nitrogens with one attached hydrogen (secondary N) is 2. The van der Waals surface area contributed by atoms with Crippen molar-refractivity contribution >= 4 is 31.6 Å². The Morgan fingerprint density at radius 2 is 1.77 bits per heavy atom. The normalized spacial score (nSPS) is 17.4. The molecule has 1 saturated heterocycles. The summed E-state index contributed by atoms with van der Waals surface area (Å²) in [5.41, 5.74) is 0.159. The number of hydrogen-bond donors (Lipinski definition) is 2. The van der Waals surface area contributed by atoms with Gasteiger partial charge in [-0.1, -0.05) is 12.1 Å². The topological polar surface area (TPSA) is 113 Å². The molecule has 11 heteroatoms. The molecule has 0 bridgehead atoms. The second-order valence-electron chi connectivity index (χ2n) is 7.49. The van der Waals surface area contributed by atoms with E-state index in [2.05, 4.69) is 9.44 Å². The second kappa shape index (κ2) is 9.33. The third kappa shape index (κ3) is 6.25. The molecule has 0 saturated carbocycles. The van der Waals surface area contributed by atoms with Crippen LogP contribution < -0.4 is 9.44 Å². The van der Waals surface area contributed by atoms with Gasteiger partial charge in [-0.2, -0.15) is 0 Å². The summed E-state index contributed by atoms with van der Waals surface area (Å²) < 4.78 is 66.0. The highest BCUT2D eigenvalue weighted by molar-refractivity contribution is 7.92. The van der Waals surface area contributed by atoms with Crippen LogP contribution >= 0.6 is 0 Å². The second-order valence-corrected chi connectivity index (χ2v) is 11.0. The highest BCUT2D eigenvalue weighted by Crippen LogP contribution is 2.21. The van der Waals surface area contributed by atoms with Crippen molar-refractivity contribution in [3.8, 4) is 0 Å². The van der Waals surface area contributed by atoms with Gasteiger partial charge in [0.25, 0.3) is 15.9 Å². The predicted octanol–water partition coefficient (Wildman–Crippen LogP) is 2.03. The standard InChI is InChI=1S/C20H24FN3O5S2/c1-30(26,27)22-13-15-5-4-12-24(14-15)20(25)16-8-10-17(11-9-16)31(28,29)23-19-7-3-2-6-18(19)21/h2-3,6-11,15,22-23H,4-5,12-14H2,1H3. The summed E-state index contributed by atoms with van der Waals surface area (Å²) in [6.07, 6.45) is 2.65. The molecule has 1 heterocycles. The molecular weight excluding hydrogens is 445 g/mol. The zero-order valence-corrected chi connectivity index (χ0v) is 18.5. The quantitative estimate of drug-likeness (QED) is 0.644. The van der Waals surface area contributed by atoms with Gasteiger partial charge in [-0.3, -0.25) is 9.52 Å². The number of carbonyl (C=O) groups is 1. The van der Waals surface area contributed by atoms with Gasteiger partial charge in [-0.05, 0) is 55.2 Å². The van der Waals surface area contributed by atoms with E-state index < -0.39 is 25.9 Å². The van der Waals surface area contributed by atoms with Crippen LogP contribution in [0, 0.1) is 11.7 Å². The summed E-state index contributed by atoms with van der Waals surface area (Å²) in [7, 11) is -7.31. The lowest BCUT2D eigenvalue weighted by Gasteiger charge is -2.32. The van der Waals surface area contributed by atoms with Crippen molar-refractivity contribution < 1.29 is 26.0 Å². The van der Waals surface area contributed by atoms with Crippen LogP contribution in [0.2, 0.25) is 0 Å². The molecule has 1 aliphatic heterocycles. The van der Waals surface area contributed by atoms with Crippen molar-refractivity contribution in [3.05, 3.63) is 59.9 Å². The summed E-state index contributed by atoms with van der Waals surface area (Å²) in [4.78, 5) is 14.4. The Morgan fingerprint density at radius 3 is 2.42 bits per heavy atom. The van der Waals surface area contributed by atoms with Crippen LogP contribution in [0.25, 0.3) is 0 Å². The number of halogens is 1. The van der Waals surface area contributed by atoms with E-state index in [-0.39, 0.29) is 29.0 Å². The fourth-order valence-electron chi connectivity index (χ4n) is 3.39. The number of amides is 1. The van der Waals surface area contributed by atoms with Gasteiger partial charge < -0.3 is 4.90 Å². The molecule has 2 aromatic rings. The number of hydrogen-bond acceptors (Lipinski definition) is 5. The van der Waals surface area contributed by atoms with Crippen molar-refractivity contribution in [1.82, 2.24) is 9.62 Å². The van der Waals surface area contributed by atoms with Gasteiger partial charge in [0.2, 0.25) is 10.0 Å². The molecular formula is C20H24FN3O5S2. The summed E-state index contributed by atoms with van der Waals surface area (Å²) >= 11 is 0. The molecule has 2 aromatic carbocycles. The van der Waals surface area contributed by atoms with Gasteiger partial charge in [0, 0.05) is 25.2 Å². The van der Waals surface area contributed by atoms with Gasteiger partial charge in [0.15, 0.2) is 0 Å². The van der Waals surface area contributed by atoms with Crippen molar-refractivity contribution in [1.29, 1.82) is 0 Å². The van der Waals surface area contributed by atoms with Crippen molar-refractivity contribution in [3.63, 3.8) is 0 Å². The largest absolute Gasteiger partial charge is 0.338 e. The summed E-state index contributed by atoms with van der Waals surface area (Å²) in [5, 5.41) is 0. The fourth-order valence-corrected chi connectivity index (χ4v) is 5.00. The molecule has 0 spiro atoms. The minimum absolute atomic E-state index is 0.0112. The number of benzene rings is 2. The van der Waals surface area contributed by atoms with Gasteiger partial charge in [-0.15, -0.1) is 0 Å². The first-order valence-corrected chi connectivity index (χ1v) is 13.0. The molecule has 0 aliphatic carbocycles. The Labute approximate surface area is 181 Å². The molecule has 8 nitrogen and oxygen atoms in total. The van der Waals surface area contributed by atoms with Crippen LogP contribution in [-0.4, -0.2) is 53.5 Å². The Kier molecular flexibility index (Phi) is 6.97. The number of anilines is 1. The van der Waals surface area contributed by atoms with E-state index in [0.717, 1.165) is 25.2 Å². The van der Waals surface area contributed by atoms with E-state index in [0.29, 0.717) is 18.7 Å². The average Bonchev–Trinajstić information content (AvgIpc) is 2.73. The lowest BCUT2D eigenvalue weighted by atomic mass is 9.97. The Bertz CT molecular complexity index is 1150. The zero-order valence-electron chi connectivity index (χ0n) is 16.9. The van der Waals surface area contributed by atoms with E-state index in [9.17, 15) is 26.0 Å². The van der Waals surface area contributed by atoms with E-state index in [4.69, 9.17) is 0 Å². The maximum absolute atomic E-state index is 13.7. The summed E-state index contributed by atoms with van der Waals surface area (Å²) in [6.45, 7) is 1.22. The monoisotopic (exact) mass is 469 g/mol. The minimum atomic E-state index is -4.01. The van der Waals surface area contributed by atoms with E-state index in [1.54, 1.807) is 4.90 Å². The summed E-state index contributed by atoms with van der Waals surface area (Å²) in [6, 6.07) is 10.8. The van der Waals surface area contributed by atoms with Crippen LogP contribution in [0.5, 0.6) is 0 Å². The molecule has 3 rings (SSSR count). The molecule has 1 amide bonds. The molecule has 0 aromatic heterocycles. The molecule has 1 aliphatic rings. The molecule has 31 heavy (non-hydrogen) atoms. The predicted molar refractivity (Wildman–Crippen MR) is 115 cm³/mol. The number of nitrogens with zero attached hydrogens (tertiary/aromatic N) is 1. The number of sulfonamides is 2. The number of likely N-dealkylation sites (tertiary alicyclic amines) is 1. The first-order valence-electron chi connectivity index (χ1n) is 9.66. The van der Waals surface area contributed by atoms with Gasteiger partial charge in [0.1, 0.15) is 5.82 Å². The van der Waals surface area contributed by atoms with Crippen LogP contribution in [0.1, 0.15) is 23.2 Å². The smallest absolute Gasteiger partial charge is 0.261 e.